The molecule has 0 saturated heterocycles. The van der Waals surface area contributed by atoms with Gasteiger partial charge in [-0.1, -0.05) is 103 Å². The highest BCUT2D eigenvalue weighted by molar-refractivity contribution is 6.21. The molecular weight excluding hydrogens is 385 g/mol. The topological polar surface area (TPSA) is 49.4 Å². The number of hydrazine groups is 1. The molecule has 0 radical (unpaired) electrons. The SMILES string of the molecule is O=C1c2ccccc2C(=O)[15N]1NC(c1ccccc1)(c1ccccc1)c1ccccc1. The van der Waals surface area contributed by atoms with Crippen LogP contribution in [0.15, 0.2) is 115 Å². The highest BCUT2D eigenvalue weighted by Gasteiger charge is 2.44. The van der Waals surface area contributed by atoms with Gasteiger partial charge in [0.2, 0.25) is 0 Å². The Labute approximate surface area is 180 Å². The van der Waals surface area contributed by atoms with E-state index in [-0.39, 0.29) is 11.8 Å². The van der Waals surface area contributed by atoms with Gasteiger partial charge in [-0.2, -0.15) is 0 Å². The van der Waals surface area contributed by atoms with Crippen LogP contribution in [0.1, 0.15) is 37.4 Å². The predicted octanol–water partition coefficient (Wildman–Crippen LogP) is 4.78. The number of nitrogens with one attached hydrogen (secondary N) is 1. The van der Waals surface area contributed by atoms with Gasteiger partial charge in [-0.05, 0) is 28.8 Å². The second-order valence-electron chi connectivity index (χ2n) is 7.45. The van der Waals surface area contributed by atoms with E-state index in [0.717, 1.165) is 21.7 Å². The molecule has 0 aromatic heterocycles. The maximum Gasteiger partial charge on any atom is 0.276 e. The molecule has 4 nitrogen and oxygen atoms in total. The third-order valence-corrected chi connectivity index (χ3v) is 5.69. The van der Waals surface area contributed by atoms with Gasteiger partial charge < -0.3 is 0 Å². The normalized spacial score (nSPS) is 13.4. The minimum atomic E-state index is -0.947. The molecule has 1 heterocycles. The summed E-state index contributed by atoms with van der Waals surface area (Å²) in [5.74, 6) is -0.708. The van der Waals surface area contributed by atoms with Crippen molar-refractivity contribution in [1.82, 2.24) is 10.4 Å². The molecule has 2 amide bonds. The lowest BCUT2D eigenvalue weighted by molar-refractivity contribution is 0.0508. The summed E-state index contributed by atoms with van der Waals surface area (Å²) >= 11 is 0. The molecule has 0 saturated carbocycles. The van der Waals surface area contributed by atoms with E-state index in [4.69, 9.17) is 0 Å². The summed E-state index contributed by atoms with van der Waals surface area (Å²) in [7, 11) is 0. The number of hydrogen-bond acceptors (Lipinski definition) is 3. The Morgan fingerprint density at radius 3 is 1.16 bits per heavy atom. The highest BCUT2D eigenvalue weighted by atomic mass is 16.3. The molecule has 1 aliphatic rings. The summed E-state index contributed by atoms with van der Waals surface area (Å²) in [5.41, 5.74) is 5.98. The Morgan fingerprint density at radius 1 is 0.484 bits per heavy atom. The average molecular weight is 405 g/mol. The van der Waals surface area contributed by atoms with Crippen LogP contribution in [0.4, 0.5) is 0 Å². The van der Waals surface area contributed by atoms with Crippen LogP contribution in [-0.2, 0) is 5.54 Å². The molecule has 150 valence electrons. The molecule has 4 heteroatoms. The smallest absolute Gasteiger partial charge is 0.267 e. The molecule has 0 unspecified atom stereocenters. The third-order valence-electron chi connectivity index (χ3n) is 5.69. The van der Waals surface area contributed by atoms with Crippen molar-refractivity contribution in [3.63, 3.8) is 0 Å². The molecule has 0 spiro atoms. The lowest BCUT2D eigenvalue weighted by atomic mass is 9.77. The van der Waals surface area contributed by atoms with Crippen LogP contribution < -0.4 is 5.43 Å². The summed E-state index contributed by atoms with van der Waals surface area (Å²) in [6, 6.07) is 36.5. The van der Waals surface area contributed by atoms with Gasteiger partial charge in [0.1, 0.15) is 5.54 Å². The van der Waals surface area contributed by atoms with Gasteiger partial charge in [-0.15, -0.1) is 0 Å². The Bertz CT molecular complexity index is 1110. The van der Waals surface area contributed by atoms with E-state index >= 15 is 0 Å². The van der Waals surface area contributed by atoms with Crippen molar-refractivity contribution in [1.29, 1.82) is 0 Å². The van der Waals surface area contributed by atoms with Crippen molar-refractivity contribution in [3.05, 3.63) is 143 Å². The Hall–Kier alpha value is -4.02. The van der Waals surface area contributed by atoms with Crippen LogP contribution in [0.3, 0.4) is 0 Å². The number of carbonyl (C=O) groups excluding carboxylic acids is 2. The standard InChI is InChI=1S/C27H20N2O2/c30-25-23-18-10-11-19-24(23)26(31)29(25)28-27(20-12-4-1-5-13-20,21-14-6-2-7-15-21)22-16-8-3-9-17-22/h1-19,28H/i29+1. The zero-order chi connectivity index (χ0) is 21.3. The fraction of sp³-hybridized carbons (Fsp3) is 0.0370. The number of carbonyl (C=O) groups is 2. The van der Waals surface area contributed by atoms with Gasteiger partial charge >= 0.3 is 0 Å². The lowest BCUT2D eigenvalue weighted by Crippen LogP contribution is -2.55. The molecule has 4 aromatic rings. The number of benzene rings is 4. The Morgan fingerprint density at radius 2 is 0.806 bits per heavy atom. The largest absolute Gasteiger partial charge is 0.276 e. The number of nitrogens with zero attached hydrogens (tertiary/aromatic N) is 1. The van der Waals surface area contributed by atoms with Gasteiger partial charge in [0, 0.05) is 0 Å². The second kappa shape index (κ2) is 7.67. The summed E-state index contributed by atoms with van der Waals surface area (Å²) in [5, 5.41) is 1.15. The number of amides is 2. The first kappa shape index (κ1) is 19.0. The molecule has 1 aliphatic heterocycles. The minimum absolute atomic E-state index is 0.354. The summed E-state index contributed by atoms with van der Waals surface area (Å²) in [6.07, 6.45) is 0. The Kier molecular flexibility index (Phi) is 4.69. The minimum Gasteiger partial charge on any atom is -0.267 e. The highest BCUT2D eigenvalue weighted by Crippen LogP contribution is 2.38. The summed E-state index contributed by atoms with van der Waals surface area (Å²) in [4.78, 5) is 26.4. The van der Waals surface area contributed by atoms with E-state index < -0.39 is 5.54 Å². The van der Waals surface area contributed by atoms with Crippen LogP contribution in [0.2, 0.25) is 0 Å². The molecule has 5 rings (SSSR count). The molecule has 0 fully saturated rings. The van der Waals surface area contributed by atoms with Gasteiger partial charge in [-0.3, -0.25) is 9.59 Å². The van der Waals surface area contributed by atoms with Crippen molar-refractivity contribution in [2.24, 2.45) is 0 Å². The number of fused-ring (bicyclic) bond motifs is 1. The van der Waals surface area contributed by atoms with Crippen molar-refractivity contribution in [2.75, 3.05) is 0 Å². The second-order valence-corrected chi connectivity index (χ2v) is 7.45. The molecular formula is C27H20N2O2. The van der Waals surface area contributed by atoms with Gasteiger partial charge in [-0.25, -0.2) is 10.4 Å². The first-order chi connectivity index (χ1) is 15.2. The third kappa shape index (κ3) is 3.05. The molecule has 1 N–H and O–H groups in total. The molecule has 0 bridgehead atoms. The van der Waals surface area contributed by atoms with Crippen LogP contribution in [0, 0.1) is 0 Å². The van der Waals surface area contributed by atoms with Crippen molar-refractivity contribution in [3.8, 4) is 0 Å². The predicted molar refractivity (Wildman–Crippen MR) is 119 cm³/mol. The van der Waals surface area contributed by atoms with Crippen LogP contribution in [0.25, 0.3) is 0 Å². The maximum absolute atomic E-state index is 13.2. The quantitative estimate of drug-likeness (QED) is 0.295. The zero-order valence-electron chi connectivity index (χ0n) is 16.7. The fourth-order valence-electron chi connectivity index (χ4n) is 4.22. The van der Waals surface area contributed by atoms with Crippen LogP contribution in [-0.4, -0.2) is 16.8 Å². The molecule has 0 aliphatic carbocycles. The molecule has 0 atom stereocenters. The van der Waals surface area contributed by atoms with Crippen molar-refractivity contribution < 1.29 is 9.59 Å². The number of imide groups is 1. The van der Waals surface area contributed by atoms with E-state index in [1.165, 1.54) is 0 Å². The first-order valence-electron chi connectivity index (χ1n) is 10.1. The summed E-state index contributed by atoms with van der Waals surface area (Å²) < 4.78 is 0. The molecule has 4 aromatic carbocycles. The van der Waals surface area contributed by atoms with Gasteiger partial charge in [0.15, 0.2) is 0 Å². The van der Waals surface area contributed by atoms with Crippen LogP contribution >= 0.6 is 0 Å². The van der Waals surface area contributed by atoms with Crippen molar-refractivity contribution in [2.45, 2.75) is 5.54 Å². The lowest BCUT2D eigenvalue weighted by Gasteiger charge is -2.39. The van der Waals surface area contributed by atoms with Gasteiger partial charge in [0.25, 0.3) is 11.8 Å². The van der Waals surface area contributed by atoms with Gasteiger partial charge in [0.05, 0.1) is 11.1 Å². The van der Waals surface area contributed by atoms with Crippen LogP contribution in [0.5, 0.6) is 0 Å². The van der Waals surface area contributed by atoms with E-state index in [9.17, 15) is 9.59 Å². The molecule has 31 heavy (non-hydrogen) atoms. The zero-order valence-corrected chi connectivity index (χ0v) is 16.7. The fourth-order valence-corrected chi connectivity index (χ4v) is 4.22. The maximum atomic E-state index is 13.2. The number of hydrogen-bond donors (Lipinski definition) is 1. The van der Waals surface area contributed by atoms with E-state index in [1.54, 1.807) is 24.3 Å². The number of rotatable bonds is 5. The monoisotopic (exact) mass is 405 g/mol. The van der Waals surface area contributed by atoms with E-state index in [2.05, 4.69) is 5.43 Å². The first-order valence-corrected chi connectivity index (χ1v) is 10.1. The van der Waals surface area contributed by atoms with Crippen molar-refractivity contribution >= 4 is 11.8 Å². The van der Waals surface area contributed by atoms with E-state index in [0.29, 0.717) is 11.1 Å². The van der Waals surface area contributed by atoms with E-state index in [1.807, 2.05) is 91.0 Å². The average Bonchev–Trinajstić information content (AvgIpc) is 3.09. The Balaban J connectivity index is 1.74. The summed E-state index contributed by atoms with van der Waals surface area (Å²) in [6.45, 7) is 0.